The van der Waals surface area contributed by atoms with Gasteiger partial charge in [-0.25, -0.2) is 24.3 Å². The van der Waals surface area contributed by atoms with Gasteiger partial charge >= 0.3 is 11.9 Å². The van der Waals surface area contributed by atoms with E-state index >= 15 is 0 Å². The maximum atomic E-state index is 14.3. The molecule has 2 saturated heterocycles. The Labute approximate surface area is 402 Å². The van der Waals surface area contributed by atoms with Gasteiger partial charge in [-0.1, -0.05) is 42.0 Å². The van der Waals surface area contributed by atoms with Crippen molar-refractivity contribution in [2.45, 2.75) is 19.8 Å². The molecule has 0 radical (unpaired) electrons. The van der Waals surface area contributed by atoms with Crippen LogP contribution in [0.5, 0.6) is 23.0 Å². The summed E-state index contributed by atoms with van der Waals surface area (Å²) >= 11 is 0. The summed E-state index contributed by atoms with van der Waals surface area (Å²) in [6, 6.07) is 33.4. The Morgan fingerprint density at radius 1 is 0.451 bits per heavy atom. The molecule has 5 aliphatic rings. The van der Waals surface area contributed by atoms with Crippen LogP contribution >= 0.6 is 0 Å². The predicted octanol–water partition coefficient (Wildman–Crippen LogP) is 6.96. The quantitative estimate of drug-likeness (QED) is 0.0816. The first-order valence-electron chi connectivity index (χ1n) is 22.4. The van der Waals surface area contributed by atoms with E-state index in [9.17, 15) is 47.9 Å². The smallest absolute Gasteiger partial charge is 0.343 e. The Bertz CT molecular complexity index is 3380. The number of amides is 8. The lowest BCUT2D eigenvalue weighted by Gasteiger charge is -2.28. The fourth-order valence-electron chi connectivity index (χ4n) is 9.92. The van der Waals surface area contributed by atoms with Crippen LogP contribution in [-0.4, -0.2) is 71.1 Å². The van der Waals surface area contributed by atoms with Crippen molar-refractivity contribution in [1.29, 1.82) is 0 Å². The number of hydrogen-bond acceptors (Lipinski definition) is 13. The predicted molar refractivity (Wildman–Crippen MR) is 249 cm³/mol. The second-order valence-corrected chi connectivity index (χ2v) is 17.7. The number of anilines is 3. The van der Waals surface area contributed by atoms with Gasteiger partial charge in [0.25, 0.3) is 23.6 Å². The lowest BCUT2D eigenvalue weighted by atomic mass is 9.70. The first-order chi connectivity index (χ1) is 34.2. The summed E-state index contributed by atoms with van der Waals surface area (Å²) in [4.78, 5) is 140. The monoisotopic (exact) mass is 948 g/mol. The lowest BCUT2D eigenvalue weighted by molar-refractivity contribution is -0.129. The number of aryl methyl sites for hydroxylation is 1. The van der Waals surface area contributed by atoms with Crippen molar-refractivity contribution in [3.8, 4) is 23.0 Å². The van der Waals surface area contributed by atoms with Gasteiger partial charge in [0.1, 0.15) is 11.5 Å². The third-order valence-electron chi connectivity index (χ3n) is 13.6. The van der Waals surface area contributed by atoms with Crippen LogP contribution < -0.4 is 28.9 Å². The minimum Gasteiger partial charge on any atom is -0.457 e. The molecule has 350 valence electrons. The van der Waals surface area contributed by atoms with Crippen molar-refractivity contribution >= 4 is 76.3 Å². The second-order valence-electron chi connectivity index (χ2n) is 17.7. The number of carbonyl (C=O) groups is 10. The van der Waals surface area contributed by atoms with E-state index in [1.54, 1.807) is 24.3 Å². The zero-order valence-electron chi connectivity index (χ0n) is 37.5. The fourth-order valence-corrected chi connectivity index (χ4v) is 9.92. The summed E-state index contributed by atoms with van der Waals surface area (Å²) in [5.74, 6) is -10.1. The molecule has 6 aromatic rings. The molecule has 4 heterocycles. The van der Waals surface area contributed by atoms with Crippen LogP contribution in [0.4, 0.5) is 17.1 Å². The van der Waals surface area contributed by atoms with Gasteiger partial charge in [-0.05, 0) is 117 Å². The van der Waals surface area contributed by atoms with E-state index in [-0.39, 0.29) is 74.8 Å². The topological polar surface area (TPSA) is 211 Å². The molecule has 4 unspecified atom stereocenters. The molecule has 17 nitrogen and oxygen atoms in total. The summed E-state index contributed by atoms with van der Waals surface area (Å²) in [6.07, 6.45) is -0.302. The molecule has 1 aliphatic carbocycles. The fraction of sp³-hybridized carbons (Fsp3) is 0.148. The molecule has 0 spiro atoms. The summed E-state index contributed by atoms with van der Waals surface area (Å²) in [5, 5.41) is 0. The molecule has 0 N–H and O–H groups in total. The molecule has 6 aromatic carbocycles. The van der Waals surface area contributed by atoms with Crippen molar-refractivity contribution in [3.05, 3.63) is 172 Å². The van der Waals surface area contributed by atoms with Crippen LogP contribution in [0, 0.1) is 30.6 Å². The lowest BCUT2D eigenvalue weighted by Crippen LogP contribution is -2.35. The number of esters is 2. The maximum Gasteiger partial charge on any atom is 0.343 e. The summed E-state index contributed by atoms with van der Waals surface area (Å²) in [5.41, 5.74) is 1.31. The maximum absolute atomic E-state index is 14.3. The molecule has 8 amide bonds. The van der Waals surface area contributed by atoms with E-state index in [2.05, 4.69) is 0 Å². The van der Waals surface area contributed by atoms with Crippen molar-refractivity contribution in [2.24, 2.45) is 23.7 Å². The van der Waals surface area contributed by atoms with Crippen LogP contribution in [0.25, 0.3) is 0 Å². The van der Waals surface area contributed by atoms with Crippen LogP contribution in [0.2, 0.25) is 0 Å². The van der Waals surface area contributed by atoms with Crippen molar-refractivity contribution in [2.75, 3.05) is 21.7 Å². The van der Waals surface area contributed by atoms with Gasteiger partial charge in [-0.15, -0.1) is 0 Å². The van der Waals surface area contributed by atoms with Crippen molar-refractivity contribution < 1.29 is 62.2 Å². The third-order valence-corrected chi connectivity index (χ3v) is 13.6. The number of para-hydroxylation sites is 4. The van der Waals surface area contributed by atoms with Gasteiger partial charge < -0.3 is 14.2 Å². The molecule has 0 aromatic heterocycles. The average Bonchev–Trinajstić information content (AvgIpc) is 3.96. The van der Waals surface area contributed by atoms with Gasteiger partial charge in [0, 0.05) is 7.05 Å². The number of ether oxygens (including phenoxy) is 3. The molecule has 0 bridgehead atoms. The average molecular weight is 949 g/mol. The standard InChI is InChI=1S/C54H36N4O13/c1-27-11-17-31(18-12-27)69-32-19-15-30(16-20-32)56-47(61)34-22-14-29(24-36(34)48(56)62)54(68)71-44-10-6-4-8-42(44)58-51(65)39-25-37-38(26-40(39)52(58)66)50(64)57(49(37)63)41-7-3-5-9-43(41)70-53(67)28-13-21-33-35(23-28)46(60)55(2)45(33)59/h3-24,37-40H,25-26H2,1-2H3. The normalized spacial score (nSPS) is 20.1. The van der Waals surface area contributed by atoms with Gasteiger partial charge in [0.05, 0.1) is 74.1 Å². The van der Waals surface area contributed by atoms with E-state index in [0.717, 1.165) is 25.2 Å². The molecule has 11 rings (SSSR count). The zero-order chi connectivity index (χ0) is 49.6. The minimum absolute atomic E-state index is 0.0254. The van der Waals surface area contributed by atoms with E-state index in [1.165, 1.54) is 92.0 Å². The van der Waals surface area contributed by atoms with Gasteiger partial charge in [-0.3, -0.25) is 43.3 Å². The molecule has 4 aliphatic heterocycles. The largest absolute Gasteiger partial charge is 0.457 e. The second kappa shape index (κ2) is 16.7. The van der Waals surface area contributed by atoms with Crippen LogP contribution in [0.3, 0.4) is 0 Å². The number of nitrogens with zero attached hydrogens (tertiary/aromatic N) is 4. The van der Waals surface area contributed by atoms with E-state index in [4.69, 9.17) is 14.2 Å². The summed E-state index contributed by atoms with van der Waals surface area (Å²) < 4.78 is 17.3. The molecule has 3 fully saturated rings. The van der Waals surface area contributed by atoms with E-state index in [1.807, 2.05) is 31.2 Å². The number of fused-ring (bicyclic) bond motifs is 4. The number of rotatable bonds is 9. The van der Waals surface area contributed by atoms with Gasteiger partial charge in [0.15, 0.2) is 11.5 Å². The molecule has 71 heavy (non-hydrogen) atoms. The van der Waals surface area contributed by atoms with Gasteiger partial charge in [0.2, 0.25) is 23.6 Å². The Kier molecular flexibility index (Phi) is 10.4. The summed E-state index contributed by atoms with van der Waals surface area (Å²) in [7, 11) is 1.32. The number of hydrogen-bond donors (Lipinski definition) is 0. The molecular formula is C54H36N4O13. The van der Waals surface area contributed by atoms with Crippen LogP contribution in [0.15, 0.2) is 133 Å². The Morgan fingerprint density at radius 2 is 0.845 bits per heavy atom. The minimum atomic E-state index is -1.01. The van der Waals surface area contributed by atoms with E-state index < -0.39 is 82.9 Å². The first-order valence-corrected chi connectivity index (χ1v) is 22.4. The zero-order valence-corrected chi connectivity index (χ0v) is 37.5. The van der Waals surface area contributed by atoms with Crippen molar-refractivity contribution in [1.82, 2.24) is 4.90 Å². The van der Waals surface area contributed by atoms with E-state index in [0.29, 0.717) is 11.5 Å². The number of carbonyl (C=O) groups excluding carboxylic acids is 10. The van der Waals surface area contributed by atoms with Gasteiger partial charge in [-0.2, -0.15) is 0 Å². The highest BCUT2D eigenvalue weighted by atomic mass is 16.5. The molecule has 1 saturated carbocycles. The van der Waals surface area contributed by atoms with Crippen LogP contribution in [-0.2, 0) is 19.2 Å². The highest BCUT2D eigenvalue weighted by molar-refractivity contribution is 6.35. The summed E-state index contributed by atoms with van der Waals surface area (Å²) in [6.45, 7) is 1.96. The molecule has 17 heteroatoms. The number of imide groups is 4. The molecule has 4 atom stereocenters. The Balaban J connectivity index is 0.776. The Morgan fingerprint density at radius 3 is 1.32 bits per heavy atom. The first kappa shape index (κ1) is 44.1. The molecular weight excluding hydrogens is 913 g/mol. The van der Waals surface area contributed by atoms with Crippen LogP contribution in [0.1, 0.15) is 80.6 Å². The SMILES string of the molecule is Cc1ccc(Oc2ccc(N3C(=O)c4ccc(C(=O)Oc5ccccc5N5C(=O)C6CC7C(=O)N(c8ccccc8OC(=O)c8ccc9c(c8)C(=O)N(C)C9=O)C(=O)C7CC6C5=O)cc4C3=O)cc2)cc1. The number of benzene rings is 6. The van der Waals surface area contributed by atoms with Crippen molar-refractivity contribution in [3.63, 3.8) is 0 Å². The Hall–Kier alpha value is -9.38. The highest BCUT2D eigenvalue weighted by Gasteiger charge is 2.60. The third kappa shape index (κ3) is 7.16. The highest BCUT2D eigenvalue weighted by Crippen LogP contribution is 2.51.